The van der Waals surface area contributed by atoms with E-state index in [2.05, 4.69) is 10.6 Å². The average Bonchev–Trinajstić information content (AvgIpc) is 3.20. The van der Waals surface area contributed by atoms with E-state index in [4.69, 9.17) is 9.47 Å². The normalized spacial score (nSPS) is 16.2. The van der Waals surface area contributed by atoms with Crippen LogP contribution in [-0.4, -0.2) is 33.2 Å². The predicted molar refractivity (Wildman–Crippen MR) is 102 cm³/mol. The zero-order valence-electron chi connectivity index (χ0n) is 15.7. The molecule has 27 heavy (non-hydrogen) atoms. The van der Waals surface area contributed by atoms with Crippen molar-refractivity contribution in [2.24, 2.45) is 5.92 Å². The van der Waals surface area contributed by atoms with Gasteiger partial charge in [-0.05, 0) is 55.6 Å². The maximum Gasteiger partial charge on any atom is 0.254 e. The summed E-state index contributed by atoms with van der Waals surface area (Å²) in [4.78, 5) is 12.5. The first-order valence-electron chi connectivity index (χ1n) is 9.09. The lowest BCUT2D eigenvalue weighted by molar-refractivity contribution is 0.0946. The summed E-state index contributed by atoms with van der Waals surface area (Å²) in [5, 5.41) is 6.10. The molecule has 3 rings (SSSR count). The van der Waals surface area contributed by atoms with E-state index in [9.17, 15) is 9.18 Å². The quantitative estimate of drug-likeness (QED) is 0.785. The number of carbonyl (C=O) groups excluding carboxylic acids is 1. The summed E-state index contributed by atoms with van der Waals surface area (Å²) in [7, 11) is 3.10. The van der Waals surface area contributed by atoms with Gasteiger partial charge in [0.1, 0.15) is 5.82 Å². The van der Waals surface area contributed by atoms with E-state index < -0.39 is 11.7 Å². The first kappa shape index (κ1) is 19.2. The number of para-hydroxylation sites is 1. The molecule has 2 aromatic carbocycles. The second-order valence-electron chi connectivity index (χ2n) is 6.71. The molecule has 0 bridgehead atoms. The fraction of sp³-hybridized carbons (Fsp3) is 0.381. The topological polar surface area (TPSA) is 59.6 Å². The molecule has 0 aromatic heterocycles. The van der Waals surface area contributed by atoms with Gasteiger partial charge in [-0.15, -0.1) is 0 Å². The lowest BCUT2D eigenvalue weighted by Crippen LogP contribution is -2.24. The Balaban J connectivity index is 1.71. The number of ether oxygens (including phenoxy) is 2. The van der Waals surface area contributed by atoms with Gasteiger partial charge in [-0.25, -0.2) is 4.39 Å². The van der Waals surface area contributed by atoms with Gasteiger partial charge < -0.3 is 20.1 Å². The summed E-state index contributed by atoms with van der Waals surface area (Å²) in [6.07, 6.45) is 1.95. The predicted octanol–water partition coefficient (Wildman–Crippen LogP) is 2.92. The summed E-state index contributed by atoms with van der Waals surface area (Å²) in [5.41, 5.74) is 1.81. The van der Waals surface area contributed by atoms with E-state index in [1.807, 2.05) is 12.1 Å². The van der Waals surface area contributed by atoms with Crippen molar-refractivity contribution in [2.75, 3.05) is 27.3 Å². The van der Waals surface area contributed by atoms with Crippen molar-refractivity contribution in [3.05, 3.63) is 58.9 Å². The summed E-state index contributed by atoms with van der Waals surface area (Å²) >= 11 is 0. The number of rotatable bonds is 7. The monoisotopic (exact) mass is 372 g/mol. The van der Waals surface area contributed by atoms with Gasteiger partial charge in [0.2, 0.25) is 0 Å². The highest BCUT2D eigenvalue weighted by Gasteiger charge is 2.18. The zero-order chi connectivity index (χ0) is 19.2. The van der Waals surface area contributed by atoms with Gasteiger partial charge in [-0.3, -0.25) is 4.79 Å². The third-order valence-electron chi connectivity index (χ3n) is 4.89. The maximum absolute atomic E-state index is 14.2. The van der Waals surface area contributed by atoms with Crippen LogP contribution in [0.15, 0.2) is 36.4 Å². The molecule has 1 aliphatic rings. The maximum atomic E-state index is 14.2. The molecule has 0 aliphatic carbocycles. The molecule has 1 fully saturated rings. The van der Waals surface area contributed by atoms with Crippen molar-refractivity contribution >= 4 is 5.91 Å². The molecule has 5 nitrogen and oxygen atoms in total. The Hall–Kier alpha value is -2.60. The molecule has 6 heteroatoms. The first-order valence-corrected chi connectivity index (χ1v) is 9.09. The second-order valence-corrected chi connectivity index (χ2v) is 6.71. The Morgan fingerprint density at radius 3 is 2.81 bits per heavy atom. The molecule has 2 aromatic rings. The third kappa shape index (κ3) is 4.57. The van der Waals surface area contributed by atoms with Gasteiger partial charge in [-0.1, -0.05) is 18.2 Å². The number of nitrogens with one attached hydrogen (secondary N) is 2. The van der Waals surface area contributed by atoms with Crippen LogP contribution in [0.5, 0.6) is 11.5 Å². The Morgan fingerprint density at radius 2 is 2.11 bits per heavy atom. The van der Waals surface area contributed by atoms with Gasteiger partial charge in [-0.2, -0.15) is 0 Å². The van der Waals surface area contributed by atoms with E-state index in [-0.39, 0.29) is 12.1 Å². The fourth-order valence-electron chi connectivity index (χ4n) is 3.46. The summed E-state index contributed by atoms with van der Waals surface area (Å²) in [6, 6.07) is 10.2. The fourth-order valence-corrected chi connectivity index (χ4v) is 3.46. The number of benzene rings is 2. The molecule has 144 valence electrons. The molecule has 0 spiro atoms. The lowest BCUT2D eigenvalue weighted by atomic mass is 9.97. The number of methoxy groups -OCH3 is 2. The second kappa shape index (κ2) is 8.86. The van der Waals surface area contributed by atoms with Gasteiger partial charge in [0.05, 0.1) is 19.8 Å². The van der Waals surface area contributed by atoms with Crippen molar-refractivity contribution in [2.45, 2.75) is 19.4 Å². The van der Waals surface area contributed by atoms with Crippen LogP contribution in [0.4, 0.5) is 4.39 Å². The van der Waals surface area contributed by atoms with Crippen LogP contribution in [-0.2, 0) is 13.0 Å². The van der Waals surface area contributed by atoms with Crippen LogP contribution >= 0.6 is 0 Å². The Kier molecular flexibility index (Phi) is 6.29. The Bertz CT molecular complexity index is 804. The van der Waals surface area contributed by atoms with Crippen molar-refractivity contribution in [3.63, 3.8) is 0 Å². The number of carbonyl (C=O) groups is 1. The summed E-state index contributed by atoms with van der Waals surface area (Å²) < 4.78 is 24.8. The van der Waals surface area contributed by atoms with E-state index in [1.54, 1.807) is 32.4 Å². The van der Waals surface area contributed by atoms with Crippen LogP contribution in [0.3, 0.4) is 0 Å². The number of amides is 1. The van der Waals surface area contributed by atoms with Crippen molar-refractivity contribution < 1.29 is 18.7 Å². The number of halogens is 1. The van der Waals surface area contributed by atoms with Crippen LogP contribution in [0, 0.1) is 11.7 Å². The van der Waals surface area contributed by atoms with E-state index in [0.717, 1.165) is 37.1 Å². The van der Waals surface area contributed by atoms with Gasteiger partial charge >= 0.3 is 0 Å². The number of hydrogen-bond acceptors (Lipinski definition) is 4. The average molecular weight is 372 g/mol. The van der Waals surface area contributed by atoms with Crippen LogP contribution in [0.2, 0.25) is 0 Å². The van der Waals surface area contributed by atoms with E-state index in [0.29, 0.717) is 17.4 Å². The molecular weight excluding hydrogens is 347 g/mol. The molecule has 1 unspecified atom stereocenters. The van der Waals surface area contributed by atoms with E-state index >= 15 is 0 Å². The summed E-state index contributed by atoms with van der Waals surface area (Å²) in [5.74, 6) is 0.723. The zero-order valence-corrected chi connectivity index (χ0v) is 15.7. The van der Waals surface area contributed by atoms with Crippen LogP contribution < -0.4 is 20.1 Å². The third-order valence-corrected chi connectivity index (χ3v) is 4.89. The lowest BCUT2D eigenvalue weighted by Gasteiger charge is -2.14. The molecule has 1 atom stereocenters. The molecule has 0 radical (unpaired) electrons. The molecule has 1 heterocycles. The molecule has 2 N–H and O–H groups in total. The minimum atomic E-state index is -0.515. The minimum absolute atomic E-state index is 0.0697. The Labute approximate surface area is 158 Å². The molecule has 1 amide bonds. The molecular formula is C21H25FN2O3. The van der Waals surface area contributed by atoms with Gasteiger partial charge in [0.25, 0.3) is 5.91 Å². The largest absolute Gasteiger partial charge is 0.493 e. The molecule has 0 saturated carbocycles. The van der Waals surface area contributed by atoms with Crippen LogP contribution in [0.1, 0.15) is 27.9 Å². The standard InChI is InChI=1S/C21H25FN2O3/c1-26-19-5-3-4-16(20(19)27-2)13-24-21(25)17-11-14(6-7-18(17)22)10-15-8-9-23-12-15/h3-7,11,15,23H,8-10,12-13H2,1-2H3,(H,24,25). The van der Waals surface area contributed by atoms with Gasteiger partial charge in [0, 0.05) is 12.1 Å². The van der Waals surface area contributed by atoms with Crippen molar-refractivity contribution in [3.8, 4) is 11.5 Å². The van der Waals surface area contributed by atoms with E-state index in [1.165, 1.54) is 6.07 Å². The highest BCUT2D eigenvalue weighted by atomic mass is 19.1. The Morgan fingerprint density at radius 1 is 1.26 bits per heavy atom. The smallest absolute Gasteiger partial charge is 0.254 e. The van der Waals surface area contributed by atoms with Crippen molar-refractivity contribution in [1.82, 2.24) is 10.6 Å². The number of hydrogen-bond donors (Lipinski definition) is 2. The van der Waals surface area contributed by atoms with Crippen molar-refractivity contribution in [1.29, 1.82) is 0 Å². The highest BCUT2D eigenvalue weighted by Crippen LogP contribution is 2.30. The summed E-state index contributed by atoms with van der Waals surface area (Å²) in [6.45, 7) is 2.20. The van der Waals surface area contributed by atoms with Gasteiger partial charge in [0.15, 0.2) is 11.5 Å². The SMILES string of the molecule is COc1cccc(CNC(=O)c2cc(CC3CCNC3)ccc2F)c1OC. The molecule has 1 saturated heterocycles. The molecule has 1 aliphatic heterocycles. The first-order chi connectivity index (χ1) is 13.1. The highest BCUT2D eigenvalue weighted by molar-refractivity contribution is 5.94. The minimum Gasteiger partial charge on any atom is -0.493 e. The van der Waals surface area contributed by atoms with Crippen LogP contribution in [0.25, 0.3) is 0 Å².